The summed E-state index contributed by atoms with van der Waals surface area (Å²) in [5.74, 6) is 0.00994. The molecule has 0 amide bonds. The number of hydrogen-bond donors (Lipinski definition) is 2. The topological polar surface area (TPSA) is 58.6 Å². The van der Waals surface area contributed by atoms with Crippen molar-refractivity contribution in [3.05, 3.63) is 24.3 Å². The van der Waals surface area contributed by atoms with Crippen molar-refractivity contribution in [1.82, 2.24) is 0 Å². The van der Waals surface area contributed by atoms with Gasteiger partial charge in [0.1, 0.15) is 11.8 Å². The molecule has 1 aromatic carbocycles. The SMILES string of the molecule is CCC(C)C(Nc1ccc(OC)cc1)C(=O)O. The van der Waals surface area contributed by atoms with Crippen LogP contribution in [0.3, 0.4) is 0 Å². The molecule has 4 nitrogen and oxygen atoms in total. The number of carboxylic acids is 1. The number of nitrogens with one attached hydrogen (secondary N) is 1. The van der Waals surface area contributed by atoms with Gasteiger partial charge in [-0.05, 0) is 30.2 Å². The van der Waals surface area contributed by atoms with E-state index in [1.807, 2.05) is 26.0 Å². The van der Waals surface area contributed by atoms with Gasteiger partial charge < -0.3 is 15.2 Å². The third-order valence-electron chi connectivity index (χ3n) is 2.89. The van der Waals surface area contributed by atoms with Gasteiger partial charge in [-0.25, -0.2) is 4.79 Å². The summed E-state index contributed by atoms with van der Waals surface area (Å²) in [4.78, 5) is 11.1. The second-order valence-electron chi connectivity index (χ2n) is 4.07. The quantitative estimate of drug-likeness (QED) is 0.798. The van der Waals surface area contributed by atoms with Gasteiger partial charge in [-0.15, -0.1) is 0 Å². The van der Waals surface area contributed by atoms with E-state index in [1.54, 1.807) is 19.2 Å². The van der Waals surface area contributed by atoms with Gasteiger partial charge in [-0.2, -0.15) is 0 Å². The first-order chi connectivity index (χ1) is 8.08. The summed E-state index contributed by atoms with van der Waals surface area (Å²) in [5, 5.41) is 12.2. The lowest BCUT2D eigenvalue weighted by Crippen LogP contribution is -2.35. The van der Waals surface area contributed by atoms with E-state index in [1.165, 1.54) is 0 Å². The van der Waals surface area contributed by atoms with Crippen LogP contribution >= 0.6 is 0 Å². The van der Waals surface area contributed by atoms with Gasteiger partial charge in [0.15, 0.2) is 0 Å². The molecule has 1 rings (SSSR count). The molecule has 0 saturated heterocycles. The fourth-order valence-electron chi connectivity index (χ4n) is 1.55. The summed E-state index contributed by atoms with van der Waals surface area (Å²) in [7, 11) is 1.60. The molecule has 0 aliphatic carbocycles. The van der Waals surface area contributed by atoms with Crippen LogP contribution in [0.25, 0.3) is 0 Å². The van der Waals surface area contributed by atoms with Crippen molar-refractivity contribution in [2.45, 2.75) is 26.3 Å². The smallest absolute Gasteiger partial charge is 0.326 e. The average Bonchev–Trinajstić information content (AvgIpc) is 2.35. The lowest BCUT2D eigenvalue weighted by Gasteiger charge is -2.21. The highest BCUT2D eigenvalue weighted by molar-refractivity contribution is 5.77. The Labute approximate surface area is 102 Å². The maximum atomic E-state index is 11.1. The minimum atomic E-state index is -0.824. The molecule has 2 unspecified atom stereocenters. The van der Waals surface area contributed by atoms with Crippen molar-refractivity contribution in [2.24, 2.45) is 5.92 Å². The van der Waals surface area contributed by atoms with Crippen LogP contribution in [0.1, 0.15) is 20.3 Å². The Bertz CT molecular complexity index is 361. The van der Waals surface area contributed by atoms with Crippen molar-refractivity contribution in [1.29, 1.82) is 0 Å². The van der Waals surface area contributed by atoms with Crippen LogP contribution in [0.15, 0.2) is 24.3 Å². The summed E-state index contributed by atoms with van der Waals surface area (Å²) in [6.45, 7) is 3.91. The Hall–Kier alpha value is -1.71. The van der Waals surface area contributed by atoms with Crippen molar-refractivity contribution in [2.75, 3.05) is 12.4 Å². The highest BCUT2D eigenvalue weighted by atomic mass is 16.5. The van der Waals surface area contributed by atoms with Crippen LogP contribution in [-0.4, -0.2) is 24.2 Å². The number of benzene rings is 1. The van der Waals surface area contributed by atoms with E-state index >= 15 is 0 Å². The minimum Gasteiger partial charge on any atom is -0.497 e. The summed E-state index contributed by atoms with van der Waals surface area (Å²) in [5.41, 5.74) is 0.790. The van der Waals surface area contributed by atoms with E-state index in [-0.39, 0.29) is 5.92 Å². The molecule has 0 bridgehead atoms. The number of rotatable bonds is 6. The highest BCUT2D eigenvalue weighted by Gasteiger charge is 2.22. The molecule has 0 heterocycles. The molecular formula is C13H19NO3. The zero-order valence-corrected chi connectivity index (χ0v) is 10.4. The van der Waals surface area contributed by atoms with Gasteiger partial charge in [0, 0.05) is 5.69 Å². The van der Waals surface area contributed by atoms with E-state index < -0.39 is 12.0 Å². The number of methoxy groups -OCH3 is 1. The zero-order chi connectivity index (χ0) is 12.8. The van der Waals surface area contributed by atoms with Crippen LogP contribution in [0, 0.1) is 5.92 Å². The molecule has 0 fully saturated rings. The normalized spacial score (nSPS) is 13.8. The van der Waals surface area contributed by atoms with Crippen LogP contribution in [0.5, 0.6) is 5.75 Å². The van der Waals surface area contributed by atoms with Crippen LogP contribution in [0.4, 0.5) is 5.69 Å². The Balaban J connectivity index is 2.75. The third kappa shape index (κ3) is 3.66. The standard InChI is InChI=1S/C13H19NO3/c1-4-9(2)12(13(15)16)14-10-5-7-11(17-3)8-6-10/h5-9,12,14H,4H2,1-3H3,(H,15,16). The molecule has 2 atom stereocenters. The van der Waals surface area contributed by atoms with Crippen molar-refractivity contribution < 1.29 is 14.6 Å². The molecule has 0 saturated carbocycles. The third-order valence-corrected chi connectivity index (χ3v) is 2.89. The summed E-state index contributed by atoms with van der Waals surface area (Å²) >= 11 is 0. The molecule has 0 aliphatic rings. The largest absolute Gasteiger partial charge is 0.497 e. The second-order valence-corrected chi connectivity index (χ2v) is 4.07. The summed E-state index contributed by atoms with van der Waals surface area (Å²) < 4.78 is 5.05. The predicted molar refractivity (Wildman–Crippen MR) is 67.5 cm³/mol. The number of hydrogen-bond acceptors (Lipinski definition) is 3. The second kappa shape index (κ2) is 6.13. The lowest BCUT2D eigenvalue weighted by atomic mass is 9.99. The number of anilines is 1. The van der Waals surface area contributed by atoms with Crippen molar-refractivity contribution in [3.63, 3.8) is 0 Å². The van der Waals surface area contributed by atoms with Crippen LogP contribution < -0.4 is 10.1 Å². The highest BCUT2D eigenvalue weighted by Crippen LogP contribution is 2.18. The van der Waals surface area contributed by atoms with E-state index in [9.17, 15) is 4.79 Å². The Morgan fingerprint density at radius 2 is 2.00 bits per heavy atom. The van der Waals surface area contributed by atoms with Gasteiger partial charge in [-0.1, -0.05) is 20.3 Å². The van der Waals surface area contributed by atoms with Gasteiger partial charge in [-0.3, -0.25) is 0 Å². The van der Waals surface area contributed by atoms with Gasteiger partial charge in [0.05, 0.1) is 7.11 Å². The average molecular weight is 237 g/mol. The fourth-order valence-corrected chi connectivity index (χ4v) is 1.55. The number of ether oxygens (including phenoxy) is 1. The van der Waals surface area contributed by atoms with E-state index in [0.717, 1.165) is 17.9 Å². The Morgan fingerprint density at radius 3 is 2.41 bits per heavy atom. The summed E-state index contributed by atoms with van der Waals surface area (Å²) in [6.07, 6.45) is 0.820. The Morgan fingerprint density at radius 1 is 1.41 bits per heavy atom. The first-order valence-electron chi connectivity index (χ1n) is 5.71. The maximum absolute atomic E-state index is 11.1. The molecule has 0 spiro atoms. The molecule has 2 N–H and O–H groups in total. The van der Waals surface area contributed by atoms with Crippen molar-refractivity contribution in [3.8, 4) is 5.75 Å². The van der Waals surface area contributed by atoms with Crippen LogP contribution in [-0.2, 0) is 4.79 Å². The zero-order valence-electron chi connectivity index (χ0n) is 10.4. The lowest BCUT2D eigenvalue weighted by molar-refractivity contribution is -0.139. The van der Waals surface area contributed by atoms with Crippen molar-refractivity contribution >= 4 is 11.7 Å². The monoisotopic (exact) mass is 237 g/mol. The maximum Gasteiger partial charge on any atom is 0.326 e. The molecule has 17 heavy (non-hydrogen) atoms. The first kappa shape index (κ1) is 13.4. The molecule has 94 valence electrons. The van der Waals surface area contributed by atoms with E-state index in [0.29, 0.717) is 0 Å². The molecule has 0 aromatic heterocycles. The fraction of sp³-hybridized carbons (Fsp3) is 0.462. The minimum absolute atomic E-state index is 0.0783. The van der Waals surface area contributed by atoms with Gasteiger partial charge in [0.2, 0.25) is 0 Å². The number of aliphatic carboxylic acids is 1. The molecule has 0 aliphatic heterocycles. The van der Waals surface area contributed by atoms with E-state index in [2.05, 4.69) is 5.32 Å². The molecule has 4 heteroatoms. The first-order valence-corrected chi connectivity index (χ1v) is 5.71. The molecule has 1 aromatic rings. The van der Waals surface area contributed by atoms with Gasteiger partial charge >= 0.3 is 5.97 Å². The van der Waals surface area contributed by atoms with Gasteiger partial charge in [0.25, 0.3) is 0 Å². The Kier molecular flexibility index (Phi) is 4.82. The van der Waals surface area contributed by atoms with Crippen LogP contribution in [0.2, 0.25) is 0 Å². The summed E-state index contributed by atoms with van der Waals surface area (Å²) in [6, 6.07) is 6.68. The number of carbonyl (C=O) groups is 1. The molecule has 0 radical (unpaired) electrons. The predicted octanol–water partition coefficient (Wildman–Crippen LogP) is 2.61. The number of carboxylic acid groups (broad SMARTS) is 1. The molecular weight excluding hydrogens is 218 g/mol. The van der Waals surface area contributed by atoms with E-state index in [4.69, 9.17) is 9.84 Å².